The number of nitrogens with one attached hydrogen (secondary N) is 2. The molecule has 4 rings (SSSR count). The molecule has 4 aromatic rings. The number of carbonyl (C=O) groups excluding carboxylic acids is 2. The molecule has 2 amide bonds. The Kier molecular flexibility index (Phi) is 7.47. The number of benzene rings is 3. The molecule has 9 heteroatoms. The highest BCUT2D eigenvalue weighted by Crippen LogP contribution is 2.25. The summed E-state index contributed by atoms with van der Waals surface area (Å²) < 4.78 is 6.95. The fourth-order valence-electron chi connectivity index (χ4n) is 3.46. The average Bonchev–Trinajstić information content (AvgIpc) is 3.23. The fourth-order valence-corrected chi connectivity index (χ4v) is 4.17. The van der Waals surface area contributed by atoms with Gasteiger partial charge >= 0.3 is 0 Å². The minimum atomic E-state index is -0.169. The zero-order valence-corrected chi connectivity index (χ0v) is 20.4. The summed E-state index contributed by atoms with van der Waals surface area (Å²) in [7, 11) is 3.44. The van der Waals surface area contributed by atoms with E-state index in [9.17, 15) is 9.59 Å². The number of rotatable bonds is 8. The molecule has 2 N–H and O–H groups in total. The van der Waals surface area contributed by atoms with Crippen LogP contribution in [0.5, 0.6) is 5.75 Å². The molecule has 0 unspecified atom stereocenters. The molecule has 1 heterocycles. The van der Waals surface area contributed by atoms with Crippen molar-refractivity contribution in [3.63, 3.8) is 0 Å². The number of carbonyl (C=O) groups is 2. The molecular formula is C26H25N5O3S. The van der Waals surface area contributed by atoms with Crippen molar-refractivity contribution in [2.45, 2.75) is 12.1 Å². The molecule has 0 aliphatic carbocycles. The monoisotopic (exact) mass is 487 g/mol. The summed E-state index contributed by atoms with van der Waals surface area (Å²) in [6.45, 7) is 1.90. The summed E-state index contributed by atoms with van der Waals surface area (Å²) in [6.07, 6.45) is 0. The largest absolute Gasteiger partial charge is 0.497 e. The zero-order valence-electron chi connectivity index (χ0n) is 19.6. The Labute approximate surface area is 207 Å². The van der Waals surface area contributed by atoms with Gasteiger partial charge in [-0.25, -0.2) is 0 Å². The van der Waals surface area contributed by atoms with Gasteiger partial charge in [-0.05, 0) is 55.0 Å². The number of aromatic nitrogens is 3. The molecule has 0 saturated heterocycles. The van der Waals surface area contributed by atoms with Crippen LogP contribution in [-0.2, 0) is 11.8 Å². The summed E-state index contributed by atoms with van der Waals surface area (Å²) in [5.74, 6) is 1.23. The molecule has 178 valence electrons. The van der Waals surface area contributed by atoms with E-state index in [1.807, 2.05) is 61.0 Å². The average molecular weight is 488 g/mol. The zero-order chi connectivity index (χ0) is 24.8. The Morgan fingerprint density at radius 3 is 2.46 bits per heavy atom. The number of ether oxygens (including phenoxy) is 1. The van der Waals surface area contributed by atoms with Crippen molar-refractivity contribution in [2.75, 3.05) is 23.5 Å². The van der Waals surface area contributed by atoms with Crippen molar-refractivity contribution in [1.29, 1.82) is 0 Å². The lowest BCUT2D eigenvalue weighted by molar-refractivity contribution is -0.113. The molecule has 0 radical (unpaired) electrons. The van der Waals surface area contributed by atoms with E-state index >= 15 is 0 Å². The van der Waals surface area contributed by atoms with Crippen LogP contribution in [0.1, 0.15) is 15.9 Å². The number of hydrogen-bond acceptors (Lipinski definition) is 6. The lowest BCUT2D eigenvalue weighted by atomic mass is 10.1. The molecule has 0 atom stereocenters. The molecule has 3 aromatic carbocycles. The Morgan fingerprint density at radius 1 is 0.943 bits per heavy atom. The third-order valence-corrected chi connectivity index (χ3v) is 6.33. The van der Waals surface area contributed by atoms with Crippen LogP contribution in [0.4, 0.5) is 11.4 Å². The molecule has 0 saturated carbocycles. The van der Waals surface area contributed by atoms with Gasteiger partial charge in [0.25, 0.3) is 5.91 Å². The van der Waals surface area contributed by atoms with E-state index in [0.717, 1.165) is 16.9 Å². The quantitative estimate of drug-likeness (QED) is 0.347. The lowest BCUT2D eigenvalue weighted by Crippen LogP contribution is -2.14. The minimum Gasteiger partial charge on any atom is -0.497 e. The van der Waals surface area contributed by atoms with Gasteiger partial charge in [0.15, 0.2) is 11.0 Å². The first-order valence-electron chi connectivity index (χ1n) is 10.9. The number of thioether (sulfide) groups is 1. The third kappa shape index (κ3) is 5.88. The van der Waals surface area contributed by atoms with E-state index in [-0.39, 0.29) is 17.6 Å². The van der Waals surface area contributed by atoms with Crippen molar-refractivity contribution < 1.29 is 14.3 Å². The predicted octanol–water partition coefficient (Wildman–Crippen LogP) is 4.78. The van der Waals surface area contributed by atoms with Gasteiger partial charge in [0.05, 0.1) is 12.9 Å². The van der Waals surface area contributed by atoms with Gasteiger partial charge in [-0.2, -0.15) is 0 Å². The van der Waals surface area contributed by atoms with Gasteiger partial charge in [-0.3, -0.25) is 9.59 Å². The molecular weight excluding hydrogens is 462 g/mol. The van der Waals surface area contributed by atoms with Crippen molar-refractivity contribution in [3.8, 4) is 17.1 Å². The molecule has 0 bridgehead atoms. The van der Waals surface area contributed by atoms with E-state index in [2.05, 4.69) is 20.8 Å². The normalized spacial score (nSPS) is 10.6. The molecule has 0 aliphatic heterocycles. The van der Waals surface area contributed by atoms with Gasteiger partial charge in [0, 0.05) is 29.5 Å². The van der Waals surface area contributed by atoms with Gasteiger partial charge in [0.1, 0.15) is 5.75 Å². The SMILES string of the molecule is COc1ccc(NC(=O)CSc2nnc(-c3cccc(NC(=O)c4ccccc4C)c3)n2C)cc1. The predicted molar refractivity (Wildman–Crippen MR) is 138 cm³/mol. The molecule has 8 nitrogen and oxygen atoms in total. The molecule has 1 aromatic heterocycles. The summed E-state index contributed by atoms with van der Waals surface area (Å²) in [6, 6.07) is 22.0. The first-order valence-corrected chi connectivity index (χ1v) is 11.9. The molecule has 0 aliphatic rings. The fraction of sp³-hybridized carbons (Fsp3) is 0.154. The lowest BCUT2D eigenvalue weighted by Gasteiger charge is -2.09. The summed E-state index contributed by atoms with van der Waals surface area (Å²) in [5, 5.41) is 14.9. The van der Waals surface area contributed by atoms with Gasteiger partial charge < -0.3 is 19.9 Å². The minimum absolute atomic E-state index is 0.148. The second-order valence-corrected chi connectivity index (χ2v) is 8.72. The second kappa shape index (κ2) is 10.9. The highest BCUT2D eigenvalue weighted by atomic mass is 32.2. The van der Waals surface area contributed by atoms with Crippen LogP contribution in [-0.4, -0.2) is 39.4 Å². The van der Waals surface area contributed by atoms with Crippen LogP contribution < -0.4 is 15.4 Å². The van der Waals surface area contributed by atoms with Gasteiger partial charge in [-0.15, -0.1) is 10.2 Å². The van der Waals surface area contributed by atoms with E-state index < -0.39 is 0 Å². The number of aryl methyl sites for hydroxylation is 1. The Hall–Kier alpha value is -4.11. The first-order chi connectivity index (χ1) is 16.9. The van der Waals surface area contributed by atoms with E-state index in [0.29, 0.717) is 27.9 Å². The van der Waals surface area contributed by atoms with Crippen LogP contribution in [0.2, 0.25) is 0 Å². The molecule has 0 spiro atoms. The van der Waals surface area contributed by atoms with Crippen molar-refractivity contribution in [1.82, 2.24) is 14.8 Å². The number of nitrogens with zero attached hydrogens (tertiary/aromatic N) is 3. The van der Waals surface area contributed by atoms with Gasteiger partial charge in [0.2, 0.25) is 5.91 Å². The second-order valence-electron chi connectivity index (χ2n) is 7.78. The third-order valence-electron chi connectivity index (χ3n) is 5.31. The van der Waals surface area contributed by atoms with Crippen LogP contribution in [0.25, 0.3) is 11.4 Å². The maximum atomic E-state index is 12.7. The van der Waals surface area contributed by atoms with Crippen molar-refractivity contribution >= 4 is 35.0 Å². The van der Waals surface area contributed by atoms with Crippen LogP contribution in [0.15, 0.2) is 78.0 Å². The number of amides is 2. The Balaban J connectivity index is 1.40. The summed E-state index contributed by atoms with van der Waals surface area (Å²) >= 11 is 1.29. The van der Waals surface area contributed by atoms with E-state index in [1.54, 1.807) is 37.4 Å². The van der Waals surface area contributed by atoms with Gasteiger partial charge in [-0.1, -0.05) is 42.1 Å². The maximum absolute atomic E-state index is 12.7. The smallest absolute Gasteiger partial charge is 0.255 e. The topological polar surface area (TPSA) is 98.1 Å². The van der Waals surface area contributed by atoms with Crippen LogP contribution >= 0.6 is 11.8 Å². The molecule has 0 fully saturated rings. The highest BCUT2D eigenvalue weighted by Gasteiger charge is 2.15. The summed E-state index contributed by atoms with van der Waals surface area (Å²) in [5.41, 5.74) is 3.69. The summed E-state index contributed by atoms with van der Waals surface area (Å²) in [4.78, 5) is 25.0. The first kappa shape index (κ1) is 24.0. The van der Waals surface area contributed by atoms with Crippen molar-refractivity contribution in [3.05, 3.63) is 83.9 Å². The van der Waals surface area contributed by atoms with E-state index in [1.165, 1.54) is 11.8 Å². The number of methoxy groups -OCH3 is 1. The number of hydrogen-bond donors (Lipinski definition) is 2. The number of anilines is 2. The van der Waals surface area contributed by atoms with Crippen LogP contribution in [0.3, 0.4) is 0 Å². The molecule has 35 heavy (non-hydrogen) atoms. The maximum Gasteiger partial charge on any atom is 0.255 e. The standard InChI is InChI=1S/C26H25N5O3S/c1-17-7-4-5-10-22(17)25(33)28-20-9-6-8-18(15-20)24-29-30-26(31(24)2)35-16-23(32)27-19-11-13-21(34-3)14-12-19/h4-15H,16H2,1-3H3,(H,27,32)(H,28,33). The van der Waals surface area contributed by atoms with Crippen LogP contribution in [0, 0.1) is 6.92 Å². The Morgan fingerprint density at radius 2 is 1.71 bits per heavy atom. The highest BCUT2D eigenvalue weighted by molar-refractivity contribution is 7.99. The van der Waals surface area contributed by atoms with Crippen molar-refractivity contribution in [2.24, 2.45) is 7.05 Å². The van der Waals surface area contributed by atoms with E-state index in [4.69, 9.17) is 4.74 Å². The Bertz CT molecular complexity index is 1350.